The van der Waals surface area contributed by atoms with Crippen LogP contribution < -0.4 is 14.2 Å². The van der Waals surface area contributed by atoms with E-state index >= 15 is 0 Å². The number of halogens is 1. The largest absolute Gasteiger partial charge is 0.493 e. The van der Waals surface area contributed by atoms with Gasteiger partial charge in [-0.1, -0.05) is 0 Å². The molecule has 1 aliphatic heterocycles. The summed E-state index contributed by atoms with van der Waals surface area (Å²) in [5.74, 6) is -0.614. The first-order valence-corrected chi connectivity index (χ1v) is 7.99. The fourth-order valence-electron chi connectivity index (χ4n) is 2.13. The third-order valence-corrected chi connectivity index (χ3v) is 4.69. The summed E-state index contributed by atoms with van der Waals surface area (Å²) in [6.07, 6.45) is 1.52. The number of sulfonamides is 1. The maximum atomic E-state index is 14.0. The lowest BCUT2D eigenvalue weighted by atomic mass is 10.2. The van der Waals surface area contributed by atoms with E-state index < -0.39 is 20.7 Å². The van der Waals surface area contributed by atoms with Crippen LogP contribution in [0, 0.1) is 5.82 Å². The van der Waals surface area contributed by atoms with Gasteiger partial charge in [-0.05, 0) is 12.8 Å². The zero-order valence-corrected chi connectivity index (χ0v) is 12.7. The fraction of sp³-hybridized carbons (Fsp3) is 0.538. The van der Waals surface area contributed by atoms with Crippen LogP contribution in [0.5, 0.6) is 11.5 Å². The van der Waals surface area contributed by atoms with Crippen molar-refractivity contribution < 1.29 is 27.0 Å². The highest BCUT2D eigenvalue weighted by Gasteiger charge is 2.24. The van der Waals surface area contributed by atoms with Gasteiger partial charge in [-0.25, -0.2) is 17.5 Å². The first-order chi connectivity index (χ1) is 9.97. The molecule has 0 aromatic heterocycles. The maximum Gasteiger partial charge on any atom is 0.243 e. The van der Waals surface area contributed by atoms with Crippen LogP contribution >= 0.6 is 0 Å². The average Bonchev–Trinajstić information content (AvgIpc) is 2.98. The van der Waals surface area contributed by atoms with E-state index in [-0.39, 0.29) is 24.1 Å². The van der Waals surface area contributed by atoms with Gasteiger partial charge in [-0.15, -0.1) is 0 Å². The summed E-state index contributed by atoms with van der Waals surface area (Å²) in [5.41, 5.74) is 0. The molecule has 1 saturated heterocycles. The highest BCUT2D eigenvalue weighted by molar-refractivity contribution is 7.89. The Morgan fingerprint density at radius 2 is 2.00 bits per heavy atom. The summed E-state index contributed by atoms with van der Waals surface area (Å²) in [5, 5.41) is 0. The minimum absolute atomic E-state index is 0.121. The Hall–Kier alpha value is -1.38. The fourth-order valence-corrected chi connectivity index (χ4v) is 3.27. The van der Waals surface area contributed by atoms with Gasteiger partial charge in [0.05, 0.1) is 20.3 Å². The van der Waals surface area contributed by atoms with Crippen molar-refractivity contribution >= 4 is 10.0 Å². The molecule has 1 aromatic rings. The summed E-state index contributed by atoms with van der Waals surface area (Å²) >= 11 is 0. The summed E-state index contributed by atoms with van der Waals surface area (Å²) < 4.78 is 55.9. The van der Waals surface area contributed by atoms with E-state index in [0.29, 0.717) is 6.61 Å². The molecule has 0 unspecified atom stereocenters. The van der Waals surface area contributed by atoms with Crippen molar-refractivity contribution in [3.63, 3.8) is 0 Å². The third kappa shape index (κ3) is 3.63. The molecule has 0 aliphatic carbocycles. The van der Waals surface area contributed by atoms with Gasteiger partial charge >= 0.3 is 0 Å². The molecule has 2 rings (SSSR count). The Balaban J connectivity index is 2.22. The lowest BCUT2D eigenvalue weighted by Gasteiger charge is -2.14. The number of hydrogen-bond donors (Lipinski definition) is 1. The Bertz CT molecular complexity index is 599. The van der Waals surface area contributed by atoms with E-state index in [2.05, 4.69) is 4.72 Å². The zero-order chi connectivity index (χ0) is 15.5. The van der Waals surface area contributed by atoms with E-state index in [4.69, 9.17) is 14.2 Å². The SMILES string of the molecule is COc1cc(F)c(S(=O)(=O)NC[C@@H]2CCCO2)cc1OC. The van der Waals surface area contributed by atoms with Crippen molar-refractivity contribution in [1.29, 1.82) is 0 Å². The lowest BCUT2D eigenvalue weighted by molar-refractivity contribution is 0.114. The summed E-state index contributed by atoms with van der Waals surface area (Å²) in [6, 6.07) is 2.09. The maximum absolute atomic E-state index is 14.0. The quantitative estimate of drug-likeness (QED) is 0.855. The summed E-state index contributed by atoms with van der Waals surface area (Å²) in [4.78, 5) is -0.474. The second kappa shape index (κ2) is 6.59. The highest BCUT2D eigenvalue weighted by atomic mass is 32.2. The molecule has 1 N–H and O–H groups in total. The van der Waals surface area contributed by atoms with Crippen molar-refractivity contribution in [2.24, 2.45) is 0 Å². The van der Waals surface area contributed by atoms with E-state index in [1.165, 1.54) is 14.2 Å². The Kier molecular flexibility index (Phi) is 5.02. The third-order valence-electron chi connectivity index (χ3n) is 3.25. The van der Waals surface area contributed by atoms with E-state index in [1.807, 2.05) is 0 Å². The second-order valence-electron chi connectivity index (χ2n) is 4.62. The molecule has 0 spiro atoms. The number of rotatable bonds is 6. The molecule has 1 heterocycles. The van der Waals surface area contributed by atoms with Crippen LogP contribution in [0.15, 0.2) is 17.0 Å². The minimum Gasteiger partial charge on any atom is -0.493 e. The Morgan fingerprint density at radius 1 is 1.33 bits per heavy atom. The molecule has 1 aliphatic rings. The van der Waals surface area contributed by atoms with E-state index in [0.717, 1.165) is 25.0 Å². The van der Waals surface area contributed by atoms with Gasteiger partial charge in [0.2, 0.25) is 10.0 Å². The normalized spacial score (nSPS) is 18.7. The van der Waals surface area contributed by atoms with Crippen LogP contribution in [0.3, 0.4) is 0 Å². The molecular weight excluding hydrogens is 301 g/mol. The molecule has 1 aromatic carbocycles. The molecular formula is C13H18FNO5S. The van der Waals surface area contributed by atoms with E-state index in [1.54, 1.807) is 0 Å². The van der Waals surface area contributed by atoms with Crippen LogP contribution in [0.25, 0.3) is 0 Å². The van der Waals surface area contributed by atoms with E-state index in [9.17, 15) is 12.8 Å². The predicted molar refractivity (Wildman–Crippen MR) is 73.7 cm³/mol. The van der Waals surface area contributed by atoms with Crippen LogP contribution in [-0.2, 0) is 14.8 Å². The monoisotopic (exact) mass is 319 g/mol. The molecule has 6 nitrogen and oxygen atoms in total. The summed E-state index contributed by atoms with van der Waals surface area (Å²) in [6.45, 7) is 0.743. The van der Waals surface area contributed by atoms with Crippen LogP contribution in [0.1, 0.15) is 12.8 Å². The Labute approximate surface area is 123 Å². The number of methoxy groups -OCH3 is 2. The molecule has 0 saturated carbocycles. The number of benzene rings is 1. The van der Waals surface area contributed by atoms with Crippen molar-refractivity contribution in [1.82, 2.24) is 4.72 Å². The van der Waals surface area contributed by atoms with Gasteiger partial charge in [0, 0.05) is 25.3 Å². The number of hydrogen-bond acceptors (Lipinski definition) is 5. The van der Waals surface area contributed by atoms with Crippen LogP contribution in [0.4, 0.5) is 4.39 Å². The average molecular weight is 319 g/mol. The molecule has 8 heteroatoms. The minimum atomic E-state index is -3.98. The van der Waals surface area contributed by atoms with Gasteiger partial charge < -0.3 is 14.2 Å². The smallest absolute Gasteiger partial charge is 0.243 e. The first-order valence-electron chi connectivity index (χ1n) is 6.50. The Morgan fingerprint density at radius 3 is 2.57 bits per heavy atom. The van der Waals surface area contributed by atoms with Gasteiger partial charge in [0.1, 0.15) is 10.7 Å². The molecule has 1 fully saturated rings. The first kappa shape index (κ1) is 16.0. The van der Waals surface area contributed by atoms with Gasteiger partial charge in [0.25, 0.3) is 0 Å². The molecule has 0 radical (unpaired) electrons. The second-order valence-corrected chi connectivity index (χ2v) is 6.36. The molecule has 21 heavy (non-hydrogen) atoms. The topological polar surface area (TPSA) is 73.9 Å². The number of nitrogens with one attached hydrogen (secondary N) is 1. The highest BCUT2D eigenvalue weighted by Crippen LogP contribution is 2.31. The molecule has 0 amide bonds. The van der Waals surface area contributed by atoms with Gasteiger partial charge in [-0.2, -0.15) is 0 Å². The standard InChI is InChI=1S/C13H18FNO5S/c1-18-11-6-10(14)13(7-12(11)19-2)21(16,17)15-8-9-4-3-5-20-9/h6-7,9,15H,3-5,8H2,1-2H3/t9-/m0/s1. The number of ether oxygens (including phenoxy) is 3. The molecule has 118 valence electrons. The lowest BCUT2D eigenvalue weighted by Crippen LogP contribution is -2.32. The van der Waals surface area contributed by atoms with Crippen molar-refractivity contribution in [3.8, 4) is 11.5 Å². The summed E-state index contributed by atoms with van der Waals surface area (Å²) in [7, 11) is -1.28. The van der Waals surface area contributed by atoms with Gasteiger partial charge in [0.15, 0.2) is 11.5 Å². The predicted octanol–water partition coefficient (Wildman–Crippen LogP) is 1.30. The molecule has 1 atom stereocenters. The zero-order valence-electron chi connectivity index (χ0n) is 11.9. The van der Waals surface area contributed by atoms with Crippen LogP contribution in [-0.4, -0.2) is 41.9 Å². The van der Waals surface area contributed by atoms with Gasteiger partial charge in [-0.3, -0.25) is 0 Å². The molecule has 0 bridgehead atoms. The van der Waals surface area contributed by atoms with Crippen molar-refractivity contribution in [2.45, 2.75) is 23.8 Å². The van der Waals surface area contributed by atoms with Crippen LogP contribution in [0.2, 0.25) is 0 Å². The van der Waals surface area contributed by atoms with Crippen molar-refractivity contribution in [3.05, 3.63) is 17.9 Å². The van der Waals surface area contributed by atoms with Crippen molar-refractivity contribution in [2.75, 3.05) is 27.4 Å².